The molecule has 1 amide bonds. The van der Waals surface area contributed by atoms with Crippen LogP contribution in [0.3, 0.4) is 0 Å². The number of nitrogens with zero attached hydrogens (tertiary/aromatic N) is 3. The Hall–Kier alpha value is -2.06. The minimum atomic E-state index is -0.449. The SMILES string of the molecule is CCCn1c(C)cc(/C=C(\C#N)C(=O)N(C)OC)c1C. The summed E-state index contributed by atoms with van der Waals surface area (Å²) in [6, 6.07) is 3.92. The molecule has 1 aromatic heterocycles. The second-order valence-corrected chi connectivity index (χ2v) is 4.63. The van der Waals surface area contributed by atoms with Crippen LogP contribution in [-0.2, 0) is 16.2 Å². The summed E-state index contributed by atoms with van der Waals surface area (Å²) in [4.78, 5) is 16.8. The first-order valence-electron chi connectivity index (χ1n) is 6.56. The van der Waals surface area contributed by atoms with Crippen LogP contribution in [0.1, 0.15) is 30.3 Å². The van der Waals surface area contributed by atoms with Gasteiger partial charge in [0.05, 0.1) is 7.11 Å². The predicted molar refractivity (Wildman–Crippen MR) is 77.6 cm³/mol. The first kappa shape index (κ1) is 16.0. The van der Waals surface area contributed by atoms with Crippen molar-refractivity contribution in [3.8, 4) is 6.07 Å². The molecule has 5 nitrogen and oxygen atoms in total. The van der Waals surface area contributed by atoms with Gasteiger partial charge in [0.15, 0.2) is 0 Å². The van der Waals surface area contributed by atoms with Gasteiger partial charge in [-0.3, -0.25) is 9.63 Å². The molecule has 0 aliphatic carbocycles. The second kappa shape index (κ2) is 6.92. The zero-order valence-electron chi connectivity index (χ0n) is 12.7. The van der Waals surface area contributed by atoms with Crippen molar-refractivity contribution in [2.24, 2.45) is 0 Å². The standard InChI is InChI=1S/C15H21N3O2/c1-6-7-18-11(2)8-13(12(18)3)9-14(10-16)15(19)17(4)20-5/h8-9H,6-7H2,1-5H3/b14-9+. The van der Waals surface area contributed by atoms with Crippen LogP contribution >= 0.6 is 0 Å². The van der Waals surface area contributed by atoms with Gasteiger partial charge in [-0.15, -0.1) is 0 Å². The van der Waals surface area contributed by atoms with Crippen LogP contribution in [0.4, 0.5) is 0 Å². The van der Waals surface area contributed by atoms with E-state index in [2.05, 4.69) is 11.5 Å². The van der Waals surface area contributed by atoms with E-state index in [1.54, 1.807) is 6.08 Å². The average molecular weight is 275 g/mol. The maximum Gasteiger partial charge on any atom is 0.287 e. The number of hydrogen-bond donors (Lipinski definition) is 0. The zero-order valence-corrected chi connectivity index (χ0v) is 12.7. The average Bonchev–Trinajstić information content (AvgIpc) is 2.71. The van der Waals surface area contributed by atoms with E-state index in [0.717, 1.165) is 35.0 Å². The van der Waals surface area contributed by atoms with Gasteiger partial charge in [0, 0.05) is 25.0 Å². The number of aryl methyl sites for hydroxylation is 1. The van der Waals surface area contributed by atoms with E-state index in [1.165, 1.54) is 14.2 Å². The lowest BCUT2D eigenvalue weighted by atomic mass is 10.1. The Bertz CT molecular complexity index is 564. The molecule has 1 rings (SSSR count). The van der Waals surface area contributed by atoms with Crippen molar-refractivity contribution in [1.29, 1.82) is 5.26 Å². The summed E-state index contributed by atoms with van der Waals surface area (Å²) < 4.78 is 2.19. The van der Waals surface area contributed by atoms with Crippen LogP contribution in [0, 0.1) is 25.2 Å². The maximum absolute atomic E-state index is 11.9. The minimum Gasteiger partial charge on any atom is -0.349 e. The highest BCUT2D eigenvalue weighted by atomic mass is 16.7. The molecular formula is C15H21N3O2. The van der Waals surface area contributed by atoms with Crippen molar-refractivity contribution in [2.45, 2.75) is 33.7 Å². The summed E-state index contributed by atoms with van der Waals surface area (Å²) in [7, 11) is 2.87. The first-order chi connectivity index (χ1) is 9.46. The summed E-state index contributed by atoms with van der Waals surface area (Å²) in [6.07, 6.45) is 2.66. The van der Waals surface area contributed by atoms with Gasteiger partial charge in [-0.2, -0.15) is 5.26 Å². The van der Waals surface area contributed by atoms with E-state index in [4.69, 9.17) is 10.1 Å². The molecule has 0 saturated heterocycles. The lowest BCUT2D eigenvalue weighted by Crippen LogP contribution is -2.26. The van der Waals surface area contributed by atoms with Crippen molar-refractivity contribution >= 4 is 12.0 Å². The maximum atomic E-state index is 11.9. The van der Waals surface area contributed by atoms with Crippen molar-refractivity contribution < 1.29 is 9.63 Å². The molecule has 5 heteroatoms. The van der Waals surface area contributed by atoms with Gasteiger partial charge in [0.2, 0.25) is 0 Å². The summed E-state index contributed by atoms with van der Waals surface area (Å²) in [5.74, 6) is -0.449. The minimum absolute atomic E-state index is 0.0612. The molecule has 0 radical (unpaired) electrons. The molecule has 0 fully saturated rings. The molecule has 20 heavy (non-hydrogen) atoms. The number of aromatic nitrogens is 1. The van der Waals surface area contributed by atoms with E-state index in [1.807, 2.05) is 26.0 Å². The summed E-state index contributed by atoms with van der Waals surface area (Å²) in [5, 5.41) is 10.2. The highest BCUT2D eigenvalue weighted by Crippen LogP contribution is 2.19. The van der Waals surface area contributed by atoms with E-state index in [0.29, 0.717) is 0 Å². The van der Waals surface area contributed by atoms with Crippen LogP contribution < -0.4 is 0 Å². The van der Waals surface area contributed by atoms with Gasteiger partial charge in [-0.25, -0.2) is 5.06 Å². The fourth-order valence-electron chi connectivity index (χ4n) is 2.09. The third-order valence-corrected chi connectivity index (χ3v) is 3.27. The number of rotatable bonds is 5. The third kappa shape index (κ3) is 3.28. The van der Waals surface area contributed by atoms with E-state index < -0.39 is 5.91 Å². The van der Waals surface area contributed by atoms with E-state index in [-0.39, 0.29) is 5.57 Å². The first-order valence-corrected chi connectivity index (χ1v) is 6.56. The number of likely N-dealkylation sites (N-methyl/N-ethyl adjacent to an activating group) is 1. The molecule has 0 atom stereocenters. The number of hydroxylamine groups is 2. The normalized spacial score (nSPS) is 11.3. The van der Waals surface area contributed by atoms with Crippen molar-refractivity contribution in [2.75, 3.05) is 14.2 Å². The molecule has 1 aromatic rings. The molecule has 0 unspecified atom stereocenters. The molecule has 0 aliphatic heterocycles. The molecule has 1 heterocycles. The molecule has 0 bridgehead atoms. The molecule has 0 spiro atoms. The number of nitriles is 1. The molecule has 0 N–H and O–H groups in total. The van der Waals surface area contributed by atoms with Gasteiger partial charge in [0.25, 0.3) is 5.91 Å². The Balaban J connectivity index is 3.18. The Morgan fingerprint density at radius 1 is 1.55 bits per heavy atom. The number of amides is 1. The lowest BCUT2D eigenvalue weighted by Gasteiger charge is -2.12. The van der Waals surface area contributed by atoms with Gasteiger partial charge in [-0.05, 0) is 38.0 Å². The number of carbonyl (C=O) groups is 1. The third-order valence-electron chi connectivity index (χ3n) is 3.27. The number of hydrogen-bond acceptors (Lipinski definition) is 3. The number of carbonyl (C=O) groups excluding carboxylic acids is 1. The zero-order chi connectivity index (χ0) is 15.3. The van der Waals surface area contributed by atoms with Gasteiger partial charge in [0.1, 0.15) is 11.6 Å². The largest absolute Gasteiger partial charge is 0.349 e. The van der Waals surface area contributed by atoms with Crippen molar-refractivity contribution in [1.82, 2.24) is 9.63 Å². The van der Waals surface area contributed by atoms with Crippen molar-refractivity contribution in [3.63, 3.8) is 0 Å². The highest BCUT2D eigenvalue weighted by molar-refractivity contribution is 6.01. The summed E-state index contributed by atoms with van der Waals surface area (Å²) in [6.45, 7) is 7.06. The van der Waals surface area contributed by atoms with Crippen molar-refractivity contribution in [3.05, 3.63) is 28.6 Å². The Morgan fingerprint density at radius 3 is 2.70 bits per heavy atom. The van der Waals surface area contributed by atoms with Crippen LogP contribution in [0.2, 0.25) is 0 Å². The lowest BCUT2D eigenvalue weighted by molar-refractivity contribution is -0.163. The van der Waals surface area contributed by atoms with Crippen LogP contribution in [0.15, 0.2) is 11.6 Å². The fourth-order valence-corrected chi connectivity index (χ4v) is 2.09. The molecule has 108 valence electrons. The Labute approximate surface area is 120 Å². The fraction of sp³-hybridized carbons (Fsp3) is 0.467. The molecule has 0 saturated carbocycles. The van der Waals surface area contributed by atoms with E-state index in [9.17, 15) is 4.79 Å². The topological polar surface area (TPSA) is 58.3 Å². The molecule has 0 aliphatic rings. The van der Waals surface area contributed by atoms with Gasteiger partial charge >= 0.3 is 0 Å². The predicted octanol–water partition coefficient (Wildman–Crippen LogP) is 2.44. The Morgan fingerprint density at radius 2 is 2.20 bits per heavy atom. The quantitative estimate of drug-likeness (QED) is 0.471. The Kier molecular flexibility index (Phi) is 5.53. The smallest absolute Gasteiger partial charge is 0.287 e. The highest BCUT2D eigenvalue weighted by Gasteiger charge is 2.16. The van der Waals surface area contributed by atoms with E-state index >= 15 is 0 Å². The molecule has 0 aromatic carbocycles. The van der Waals surface area contributed by atoms with Gasteiger partial charge in [-0.1, -0.05) is 6.92 Å². The van der Waals surface area contributed by atoms with Crippen LogP contribution in [-0.4, -0.2) is 29.7 Å². The summed E-state index contributed by atoms with van der Waals surface area (Å²) in [5.41, 5.74) is 3.14. The second-order valence-electron chi connectivity index (χ2n) is 4.63. The van der Waals surface area contributed by atoms with Crippen LogP contribution in [0.25, 0.3) is 6.08 Å². The monoisotopic (exact) mass is 275 g/mol. The van der Waals surface area contributed by atoms with Gasteiger partial charge < -0.3 is 4.57 Å². The molecular weight excluding hydrogens is 254 g/mol. The summed E-state index contributed by atoms with van der Waals surface area (Å²) >= 11 is 0. The van der Waals surface area contributed by atoms with Crippen LogP contribution in [0.5, 0.6) is 0 Å².